The van der Waals surface area contributed by atoms with E-state index in [0.717, 1.165) is 73.2 Å². The number of benzene rings is 1. The summed E-state index contributed by atoms with van der Waals surface area (Å²) in [4.78, 5) is 9.54. The van der Waals surface area contributed by atoms with E-state index in [1.54, 1.807) is 0 Å². The van der Waals surface area contributed by atoms with Gasteiger partial charge in [0.25, 0.3) is 0 Å². The Morgan fingerprint density at radius 2 is 1.87 bits per heavy atom. The van der Waals surface area contributed by atoms with Crippen molar-refractivity contribution in [2.24, 2.45) is 4.99 Å². The summed E-state index contributed by atoms with van der Waals surface area (Å²) in [5.41, 5.74) is 3.87. The second-order valence-corrected chi connectivity index (χ2v) is 17.1. The lowest BCUT2D eigenvalue weighted by Crippen LogP contribution is -2.51. The Kier molecular flexibility index (Phi) is 9.83. The van der Waals surface area contributed by atoms with Gasteiger partial charge in [-0.25, -0.2) is 4.39 Å². The van der Waals surface area contributed by atoms with Gasteiger partial charge in [0, 0.05) is 64.4 Å². The van der Waals surface area contributed by atoms with Gasteiger partial charge in [0.15, 0.2) is 0 Å². The first-order chi connectivity index (χ1) is 18.2. The number of morpholine rings is 1. The summed E-state index contributed by atoms with van der Waals surface area (Å²) in [5, 5.41) is 1.15. The molecule has 2 aliphatic rings. The van der Waals surface area contributed by atoms with Crippen LogP contribution in [0.25, 0.3) is 6.08 Å². The van der Waals surface area contributed by atoms with Crippen molar-refractivity contribution in [1.29, 1.82) is 0 Å². The molecule has 0 amide bonds. The Balaban J connectivity index is 1.59. The molecule has 38 heavy (non-hydrogen) atoms. The first kappa shape index (κ1) is 28.6. The van der Waals surface area contributed by atoms with Crippen LogP contribution in [0.2, 0.25) is 25.7 Å². The van der Waals surface area contributed by atoms with Crippen LogP contribution in [0.4, 0.5) is 10.1 Å². The van der Waals surface area contributed by atoms with Gasteiger partial charge >= 0.3 is 0 Å². The smallest absolute Gasteiger partial charge is 0.136 e. The quantitative estimate of drug-likeness (QED) is 0.265. The molecule has 0 aliphatic carbocycles. The maximum absolute atomic E-state index is 12.7. The number of aromatic nitrogens is 1. The average Bonchev–Trinajstić information content (AvgIpc) is 3.23. The van der Waals surface area contributed by atoms with E-state index in [0.29, 0.717) is 13.2 Å². The summed E-state index contributed by atoms with van der Waals surface area (Å²) in [6.45, 7) is 14.9. The van der Waals surface area contributed by atoms with Gasteiger partial charge in [0.05, 0.1) is 37.6 Å². The molecule has 2 aromatic rings. The van der Waals surface area contributed by atoms with Crippen molar-refractivity contribution in [3.63, 3.8) is 0 Å². The number of alkyl halides is 1. The molecule has 2 aliphatic heterocycles. The molecule has 2 unspecified atom stereocenters. The molecule has 0 spiro atoms. The molecule has 6 nitrogen and oxygen atoms in total. The van der Waals surface area contributed by atoms with Crippen LogP contribution in [-0.2, 0) is 16.0 Å². The van der Waals surface area contributed by atoms with E-state index in [-0.39, 0.29) is 18.8 Å². The Bertz CT molecular complexity index is 1240. The minimum atomic E-state index is -1.12. The van der Waals surface area contributed by atoms with Crippen molar-refractivity contribution in [1.82, 2.24) is 9.47 Å². The lowest BCUT2D eigenvalue weighted by Gasteiger charge is -2.35. The van der Waals surface area contributed by atoms with Gasteiger partial charge in [0.1, 0.15) is 12.2 Å². The molecular weight excluding hydrogens is 495 g/mol. The summed E-state index contributed by atoms with van der Waals surface area (Å²) in [5.74, 6) is 6.75. The Morgan fingerprint density at radius 1 is 1.13 bits per heavy atom. The number of rotatable bonds is 10. The van der Waals surface area contributed by atoms with Gasteiger partial charge in [0.2, 0.25) is 0 Å². The molecule has 0 radical (unpaired) electrons. The maximum atomic E-state index is 12.7. The highest BCUT2D eigenvalue weighted by Crippen LogP contribution is 2.15. The van der Waals surface area contributed by atoms with E-state index in [9.17, 15) is 4.39 Å². The highest BCUT2D eigenvalue weighted by atomic mass is 28.3. The number of hydrogen-bond donors (Lipinski definition) is 0. The Labute approximate surface area is 228 Å². The molecule has 1 fully saturated rings. The maximum Gasteiger partial charge on any atom is 0.136 e. The van der Waals surface area contributed by atoms with Gasteiger partial charge in [-0.05, 0) is 49.2 Å². The van der Waals surface area contributed by atoms with Crippen LogP contribution in [0.3, 0.4) is 0 Å². The molecule has 2 atom stereocenters. The number of ether oxygens (including phenoxy) is 2. The van der Waals surface area contributed by atoms with Gasteiger partial charge in [-0.1, -0.05) is 31.6 Å². The number of fused-ring (bicyclic) bond motifs is 1. The molecule has 1 saturated heterocycles. The minimum absolute atomic E-state index is 0.164. The molecular formula is C30H43FN4O2Si. The van der Waals surface area contributed by atoms with Crippen LogP contribution in [0.1, 0.15) is 18.2 Å². The van der Waals surface area contributed by atoms with Crippen molar-refractivity contribution in [2.75, 3.05) is 64.7 Å². The van der Waals surface area contributed by atoms with Gasteiger partial charge in [-0.2, -0.15) is 0 Å². The predicted octanol–water partition coefficient (Wildman–Crippen LogP) is 3.15. The van der Waals surface area contributed by atoms with Crippen molar-refractivity contribution in [2.45, 2.75) is 51.2 Å². The SMILES string of the molecule is CC1N=c2c(cc(C#Cc3ccc(N(C)CCF)cc3)n2CCOCC[Si](C)(C)C)=CC1N1CCOCC1. The summed E-state index contributed by atoms with van der Waals surface area (Å²) >= 11 is 0. The summed E-state index contributed by atoms with van der Waals surface area (Å²) < 4.78 is 26.5. The lowest BCUT2D eigenvalue weighted by atomic mass is 10.0. The van der Waals surface area contributed by atoms with E-state index < -0.39 is 8.07 Å². The standard InChI is InChI=1S/C30H43FN4O2Si/c1-24-29(34-14-17-36-18-15-34)23-26-22-28(11-8-25-6-9-27(10-7-25)33(2)13-12-31)35(30(26)32-24)16-19-37-20-21-38(3,4)5/h6-7,9-10,22-24,29H,12-21H2,1-5H3. The van der Waals surface area contributed by atoms with Crippen molar-refractivity contribution < 1.29 is 13.9 Å². The van der Waals surface area contributed by atoms with Crippen molar-refractivity contribution in [3.05, 3.63) is 52.3 Å². The molecule has 1 aromatic heterocycles. The van der Waals surface area contributed by atoms with E-state index in [1.807, 2.05) is 36.2 Å². The fourth-order valence-electron chi connectivity index (χ4n) is 4.86. The highest BCUT2D eigenvalue weighted by molar-refractivity contribution is 6.76. The first-order valence-electron chi connectivity index (χ1n) is 13.8. The molecule has 8 heteroatoms. The third-order valence-corrected chi connectivity index (χ3v) is 8.96. The third kappa shape index (κ3) is 7.57. The fourth-order valence-corrected chi connectivity index (χ4v) is 5.62. The minimum Gasteiger partial charge on any atom is -0.380 e. The summed E-state index contributed by atoms with van der Waals surface area (Å²) in [7, 11) is 0.777. The van der Waals surface area contributed by atoms with E-state index in [4.69, 9.17) is 14.5 Å². The number of anilines is 1. The van der Waals surface area contributed by atoms with Gasteiger partial charge in [-0.15, -0.1) is 0 Å². The van der Waals surface area contributed by atoms with Crippen LogP contribution < -0.4 is 15.6 Å². The number of halogens is 1. The van der Waals surface area contributed by atoms with E-state index in [1.165, 1.54) is 0 Å². The van der Waals surface area contributed by atoms with E-state index in [2.05, 4.69) is 60.0 Å². The Morgan fingerprint density at radius 3 is 2.55 bits per heavy atom. The highest BCUT2D eigenvalue weighted by Gasteiger charge is 2.27. The van der Waals surface area contributed by atoms with Crippen molar-refractivity contribution in [3.8, 4) is 11.8 Å². The number of nitrogens with zero attached hydrogens (tertiary/aromatic N) is 4. The monoisotopic (exact) mass is 538 g/mol. The largest absolute Gasteiger partial charge is 0.380 e. The summed E-state index contributed by atoms with van der Waals surface area (Å²) in [6, 6.07) is 11.8. The molecule has 206 valence electrons. The average molecular weight is 539 g/mol. The van der Waals surface area contributed by atoms with Crippen molar-refractivity contribution >= 4 is 19.8 Å². The normalized spacial score (nSPS) is 19.6. The van der Waals surface area contributed by atoms with E-state index >= 15 is 0 Å². The van der Waals surface area contributed by atoms with Crippen LogP contribution in [0.15, 0.2) is 35.3 Å². The molecule has 0 saturated carbocycles. The third-order valence-electron chi connectivity index (χ3n) is 7.25. The van der Waals surface area contributed by atoms with Crippen LogP contribution in [0, 0.1) is 11.8 Å². The zero-order valence-electron chi connectivity index (χ0n) is 23.7. The van der Waals surface area contributed by atoms with Crippen LogP contribution in [-0.4, -0.2) is 89.4 Å². The van der Waals surface area contributed by atoms with Crippen LogP contribution in [0.5, 0.6) is 0 Å². The van der Waals surface area contributed by atoms with Gasteiger partial charge in [-0.3, -0.25) is 9.89 Å². The van der Waals surface area contributed by atoms with Gasteiger partial charge < -0.3 is 18.9 Å². The molecule has 0 bridgehead atoms. The lowest BCUT2D eigenvalue weighted by molar-refractivity contribution is 0.0245. The topological polar surface area (TPSA) is 42.2 Å². The zero-order valence-corrected chi connectivity index (χ0v) is 24.7. The second-order valence-electron chi connectivity index (χ2n) is 11.5. The second kappa shape index (κ2) is 13.1. The zero-order chi connectivity index (χ0) is 27.1. The summed E-state index contributed by atoms with van der Waals surface area (Å²) in [6.07, 6.45) is 2.36. The molecule has 4 rings (SSSR count). The molecule has 1 aromatic carbocycles. The fraction of sp³-hybridized carbons (Fsp3) is 0.567. The first-order valence-corrected chi connectivity index (χ1v) is 17.5. The van der Waals surface area contributed by atoms with Crippen LogP contribution >= 0.6 is 0 Å². The Hall–Kier alpha value is -2.44. The molecule has 0 N–H and O–H groups in total. The predicted molar refractivity (Wildman–Crippen MR) is 156 cm³/mol. The molecule has 3 heterocycles. The number of hydrogen-bond acceptors (Lipinski definition) is 5.